The van der Waals surface area contributed by atoms with Gasteiger partial charge in [0.15, 0.2) is 0 Å². The standard InChI is InChI=1S/C19H16N8/c1-12-8-13(2)18(17(9-12)26-7-3-6-21-26)19-22-15-5-4-14(10-16(15)23-19)27-11-20-24-25-27/h3-11H,1-2H3,(H,22,23). The first-order valence-electron chi connectivity index (χ1n) is 8.54. The van der Waals surface area contributed by atoms with Gasteiger partial charge in [-0.2, -0.15) is 5.10 Å². The number of fused-ring (bicyclic) bond motifs is 1. The lowest BCUT2D eigenvalue weighted by molar-refractivity contribution is 0.790. The van der Waals surface area contributed by atoms with Gasteiger partial charge in [-0.05, 0) is 65.7 Å². The van der Waals surface area contributed by atoms with Crippen molar-refractivity contribution in [3.63, 3.8) is 0 Å². The molecule has 0 bridgehead atoms. The molecule has 2 aromatic carbocycles. The molecule has 3 heterocycles. The summed E-state index contributed by atoms with van der Waals surface area (Å²) in [7, 11) is 0. The lowest BCUT2D eigenvalue weighted by Gasteiger charge is -2.12. The highest BCUT2D eigenvalue weighted by Crippen LogP contribution is 2.31. The van der Waals surface area contributed by atoms with Crippen LogP contribution in [0.4, 0.5) is 0 Å². The van der Waals surface area contributed by atoms with Gasteiger partial charge in [-0.3, -0.25) is 0 Å². The predicted molar refractivity (Wildman–Crippen MR) is 101 cm³/mol. The van der Waals surface area contributed by atoms with Crippen molar-refractivity contribution in [3.05, 3.63) is 66.2 Å². The minimum Gasteiger partial charge on any atom is -0.338 e. The Bertz CT molecular complexity index is 1230. The summed E-state index contributed by atoms with van der Waals surface area (Å²) < 4.78 is 3.49. The fraction of sp³-hybridized carbons (Fsp3) is 0.105. The van der Waals surface area contributed by atoms with E-state index >= 15 is 0 Å². The third-order valence-electron chi connectivity index (χ3n) is 4.53. The number of aromatic nitrogens is 8. The summed E-state index contributed by atoms with van der Waals surface area (Å²) in [5.74, 6) is 0.807. The van der Waals surface area contributed by atoms with Crippen LogP contribution >= 0.6 is 0 Å². The van der Waals surface area contributed by atoms with Crippen LogP contribution in [-0.2, 0) is 0 Å². The number of aryl methyl sites for hydroxylation is 2. The van der Waals surface area contributed by atoms with E-state index in [1.54, 1.807) is 17.2 Å². The van der Waals surface area contributed by atoms with Gasteiger partial charge in [0.25, 0.3) is 0 Å². The minimum atomic E-state index is 0.807. The maximum atomic E-state index is 4.81. The largest absolute Gasteiger partial charge is 0.338 e. The number of nitrogens with one attached hydrogen (secondary N) is 1. The number of hydrogen-bond donors (Lipinski definition) is 1. The average molecular weight is 356 g/mol. The minimum absolute atomic E-state index is 0.807. The van der Waals surface area contributed by atoms with E-state index in [1.165, 1.54) is 5.56 Å². The Hall–Kier alpha value is -3.81. The molecule has 0 atom stereocenters. The van der Waals surface area contributed by atoms with Crippen LogP contribution in [0.2, 0.25) is 0 Å². The van der Waals surface area contributed by atoms with Crippen molar-refractivity contribution in [1.82, 2.24) is 40.0 Å². The summed E-state index contributed by atoms with van der Waals surface area (Å²) in [5, 5.41) is 15.7. The summed E-state index contributed by atoms with van der Waals surface area (Å²) in [4.78, 5) is 8.25. The number of imidazole rings is 1. The molecule has 0 spiro atoms. The third-order valence-corrected chi connectivity index (χ3v) is 4.53. The number of H-pyrrole nitrogens is 1. The maximum Gasteiger partial charge on any atom is 0.143 e. The molecule has 0 radical (unpaired) electrons. The van der Waals surface area contributed by atoms with Crippen molar-refractivity contribution in [1.29, 1.82) is 0 Å². The molecule has 0 aliphatic heterocycles. The van der Waals surface area contributed by atoms with E-state index in [-0.39, 0.29) is 0 Å². The van der Waals surface area contributed by atoms with Gasteiger partial charge in [-0.15, -0.1) is 5.10 Å². The van der Waals surface area contributed by atoms with Crippen molar-refractivity contribution in [2.45, 2.75) is 13.8 Å². The highest BCUT2D eigenvalue weighted by atomic mass is 15.5. The lowest BCUT2D eigenvalue weighted by Crippen LogP contribution is -2.01. The molecule has 0 saturated heterocycles. The Labute approximate surface area is 154 Å². The van der Waals surface area contributed by atoms with Gasteiger partial charge < -0.3 is 4.98 Å². The van der Waals surface area contributed by atoms with Gasteiger partial charge >= 0.3 is 0 Å². The Morgan fingerprint density at radius 2 is 1.96 bits per heavy atom. The Kier molecular flexibility index (Phi) is 3.36. The van der Waals surface area contributed by atoms with Crippen LogP contribution in [-0.4, -0.2) is 40.0 Å². The van der Waals surface area contributed by atoms with E-state index in [2.05, 4.69) is 51.6 Å². The lowest BCUT2D eigenvalue weighted by atomic mass is 10.0. The van der Waals surface area contributed by atoms with Crippen LogP contribution in [0, 0.1) is 13.8 Å². The summed E-state index contributed by atoms with van der Waals surface area (Å²) in [6, 6.07) is 12.1. The van der Waals surface area contributed by atoms with Gasteiger partial charge in [0.1, 0.15) is 12.2 Å². The number of rotatable bonds is 3. The van der Waals surface area contributed by atoms with Crippen molar-refractivity contribution >= 4 is 11.0 Å². The molecular formula is C19H16N8. The fourth-order valence-electron chi connectivity index (χ4n) is 3.38. The van der Waals surface area contributed by atoms with Crippen LogP contribution in [0.3, 0.4) is 0 Å². The quantitative estimate of drug-likeness (QED) is 0.537. The van der Waals surface area contributed by atoms with Gasteiger partial charge in [0, 0.05) is 18.0 Å². The van der Waals surface area contributed by atoms with E-state index in [4.69, 9.17) is 4.98 Å². The van der Waals surface area contributed by atoms with Crippen molar-refractivity contribution in [2.75, 3.05) is 0 Å². The normalized spacial score (nSPS) is 11.3. The number of nitrogens with zero attached hydrogens (tertiary/aromatic N) is 7. The van der Waals surface area contributed by atoms with E-state index in [0.717, 1.165) is 39.4 Å². The molecule has 132 valence electrons. The van der Waals surface area contributed by atoms with Crippen LogP contribution in [0.1, 0.15) is 11.1 Å². The van der Waals surface area contributed by atoms with E-state index < -0.39 is 0 Å². The molecule has 0 amide bonds. The second-order valence-corrected chi connectivity index (χ2v) is 6.47. The van der Waals surface area contributed by atoms with Gasteiger partial charge in [0.2, 0.25) is 0 Å². The van der Waals surface area contributed by atoms with Crippen LogP contribution in [0.15, 0.2) is 55.1 Å². The zero-order valence-electron chi connectivity index (χ0n) is 14.8. The third kappa shape index (κ3) is 2.58. The van der Waals surface area contributed by atoms with E-state index in [1.807, 2.05) is 35.1 Å². The Morgan fingerprint density at radius 1 is 1.04 bits per heavy atom. The maximum absolute atomic E-state index is 4.81. The molecule has 0 fully saturated rings. The number of tetrazole rings is 1. The summed E-state index contributed by atoms with van der Waals surface area (Å²) in [5.41, 5.74) is 7.02. The fourth-order valence-corrected chi connectivity index (χ4v) is 3.38. The zero-order valence-corrected chi connectivity index (χ0v) is 14.8. The zero-order chi connectivity index (χ0) is 18.4. The molecule has 27 heavy (non-hydrogen) atoms. The molecule has 3 aromatic heterocycles. The second-order valence-electron chi connectivity index (χ2n) is 6.47. The SMILES string of the molecule is Cc1cc(C)c(-c2nc3ccc(-n4cnnn4)cc3[nH]2)c(-n2cccn2)c1. The molecule has 5 rings (SSSR count). The number of hydrogen-bond acceptors (Lipinski definition) is 5. The first-order valence-corrected chi connectivity index (χ1v) is 8.54. The highest BCUT2D eigenvalue weighted by Gasteiger charge is 2.16. The Balaban J connectivity index is 1.70. The number of benzene rings is 2. The van der Waals surface area contributed by atoms with Crippen molar-refractivity contribution in [2.24, 2.45) is 0 Å². The van der Waals surface area contributed by atoms with Crippen LogP contribution in [0.25, 0.3) is 33.8 Å². The molecule has 0 aliphatic rings. The summed E-state index contributed by atoms with van der Waals surface area (Å²) in [6.07, 6.45) is 5.28. The molecule has 5 aromatic rings. The van der Waals surface area contributed by atoms with Crippen molar-refractivity contribution in [3.8, 4) is 22.8 Å². The molecule has 1 N–H and O–H groups in total. The molecule has 0 unspecified atom stereocenters. The first-order chi connectivity index (χ1) is 13.2. The molecule has 0 saturated carbocycles. The average Bonchev–Trinajstić information content (AvgIpc) is 3.40. The smallest absolute Gasteiger partial charge is 0.143 e. The van der Waals surface area contributed by atoms with Gasteiger partial charge in [-0.25, -0.2) is 14.3 Å². The van der Waals surface area contributed by atoms with Crippen LogP contribution < -0.4 is 0 Å². The topological polar surface area (TPSA) is 90.1 Å². The second kappa shape index (κ2) is 5.87. The predicted octanol–water partition coefficient (Wildman–Crippen LogP) is 3.01. The first kappa shape index (κ1) is 15.4. The highest BCUT2D eigenvalue weighted by molar-refractivity contribution is 5.84. The molecule has 0 aliphatic carbocycles. The van der Waals surface area contributed by atoms with Gasteiger partial charge in [0.05, 0.1) is 22.4 Å². The van der Waals surface area contributed by atoms with Crippen LogP contribution in [0.5, 0.6) is 0 Å². The van der Waals surface area contributed by atoms with E-state index in [0.29, 0.717) is 0 Å². The molecular weight excluding hydrogens is 340 g/mol. The Morgan fingerprint density at radius 3 is 2.74 bits per heavy atom. The monoisotopic (exact) mass is 356 g/mol. The summed E-state index contributed by atoms with van der Waals surface area (Å²) in [6.45, 7) is 4.18. The van der Waals surface area contributed by atoms with E-state index in [9.17, 15) is 0 Å². The summed E-state index contributed by atoms with van der Waals surface area (Å²) >= 11 is 0. The molecule has 8 nitrogen and oxygen atoms in total. The molecule has 8 heteroatoms. The van der Waals surface area contributed by atoms with Crippen molar-refractivity contribution < 1.29 is 0 Å². The van der Waals surface area contributed by atoms with Gasteiger partial charge in [-0.1, -0.05) is 6.07 Å². The number of aromatic amines is 1.